The van der Waals surface area contributed by atoms with E-state index in [-0.39, 0.29) is 47.1 Å². The van der Waals surface area contributed by atoms with Crippen LogP contribution in [0.5, 0.6) is 0 Å². The van der Waals surface area contributed by atoms with Gasteiger partial charge in [0.05, 0.1) is 36.4 Å². The summed E-state index contributed by atoms with van der Waals surface area (Å²) in [6.07, 6.45) is 8.58. The van der Waals surface area contributed by atoms with E-state index in [1.54, 1.807) is 4.90 Å². The van der Waals surface area contributed by atoms with Crippen molar-refractivity contribution in [3.05, 3.63) is 24.0 Å². The van der Waals surface area contributed by atoms with E-state index >= 15 is 0 Å². The van der Waals surface area contributed by atoms with Crippen molar-refractivity contribution in [2.24, 2.45) is 29.6 Å². The number of likely N-dealkylation sites (tertiary alicyclic amines) is 1. The number of rotatable bonds is 4. The molecule has 1 aliphatic heterocycles. The molecule has 0 unspecified atom stereocenters. The quantitative estimate of drug-likeness (QED) is 0.587. The highest BCUT2D eigenvalue weighted by atomic mass is 16.5. The number of nitrogens with zero attached hydrogens (tertiary/aromatic N) is 2. The molecule has 3 aliphatic carbocycles. The van der Waals surface area contributed by atoms with Crippen molar-refractivity contribution < 1.29 is 23.9 Å². The molecule has 4 atom stereocenters. The van der Waals surface area contributed by atoms with E-state index in [4.69, 9.17) is 4.74 Å². The highest BCUT2D eigenvalue weighted by Gasteiger charge is 2.61. The topological polar surface area (TPSA) is 106 Å². The van der Waals surface area contributed by atoms with Crippen LogP contribution in [0.15, 0.2) is 18.5 Å². The van der Waals surface area contributed by atoms with Crippen LogP contribution in [0.1, 0.15) is 55.3 Å². The third-order valence-electron chi connectivity index (χ3n) is 7.88. The van der Waals surface area contributed by atoms with Crippen LogP contribution in [0, 0.1) is 29.6 Å². The minimum Gasteiger partial charge on any atom is -0.465 e. The summed E-state index contributed by atoms with van der Waals surface area (Å²) in [5, 5.41) is 2.80. The van der Waals surface area contributed by atoms with Gasteiger partial charge in [0.1, 0.15) is 0 Å². The maximum Gasteiger partial charge on any atom is 0.340 e. The number of imide groups is 1. The van der Waals surface area contributed by atoms with E-state index in [1.807, 2.05) is 0 Å². The SMILES string of the molecule is COC(=O)c1ccncc1NC(=O)C1CCC(N2C(=O)[C@@H]3[C@@H]4CC[C@@H](C4)[C@@H]3C2=O)CC1. The lowest BCUT2D eigenvalue weighted by Gasteiger charge is -2.33. The molecule has 4 aliphatic rings. The molecule has 3 amide bonds. The normalized spacial score (nSPS) is 34.0. The van der Waals surface area contributed by atoms with Crippen LogP contribution in [0.2, 0.25) is 0 Å². The van der Waals surface area contributed by atoms with Gasteiger partial charge in [0.2, 0.25) is 17.7 Å². The van der Waals surface area contributed by atoms with Crippen LogP contribution in [0.3, 0.4) is 0 Å². The van der Waals surface area contributed by atoms with Gasteiger partial charge in [0.25, 0.3) is 0 Å². The van der Waals surface area contributed by atoms with Crippen molar-refractivity contribution in [2.75, 3.05) is 12.4 Å². The number of amides is 3. The van der Waals surface area contributed by atoms with E-state index in [0.29, 0.717) is 43.2 Å². The van der Waals surface area contributed by atoms with Crippen molar-refractivity contribution in [3.63, 3.8) is 0 Å². The summed E-state index contributed by atoms with van der Waals surface area (Å²) < 4.78 is 4.76. The molecule has 164 valence electrons. The van der Waals surface area contributed by atoms with Crippen LogP contribution < -0.4 is 5.32 Å². The third-order valence-corrected chi connectivity index (χ3v) is 7.88. The molecule has 1 aromatic heterocycles. The molecule has 0 aromatic carbocycles. The van der Waals surface area contributed by atoms with E-state index in [0.717, 1.165) is 19.3 Å². The smallest absolute Gasteiger partial charge is 0.340 e. The molecule has 2 heterocycles. The van der Waals surface area contributed by atoms with Gasteiger partial charge in [-0.25, -0.2) is 4.79 Å². The zero-order valence-corrected chi connectivity index (χ0v) is 17.6. The first-order chi connectivity index (χ1) is 15.0. The molecule has 1 N–H and O–H groups in total. The molecule has 3 saturated carbocycles. The monoisotopic (exact) mass is 425 g/mol. The number of anilines is 1. The second kappa shape index (κ2) is 7.73. The standard InChI is InChI=1S/C23H27N3O5/c1-31-23(30)16-8-9-24-11-17(16)25-20(27)12-4-6-15(7-5-12)26-21(28)18-13-2-3-14(10-13)19(18)22(26)29/h8-9,11-15,18-19H,2-7,10H2,1H3,(H,25,27)/t12?,13-,14+,15?,18-,19+. The zero-order valence-electron chi connectivity index (χ0n) is 17.6. The van der Waals surface area contributed by atoms with E-state index in [9.17, 15) is 19.2 Å². The van der Waals surface area contributed by atoms with Gasteiger partial charge in [-0.3, -0.25) is 24.3 Å². The van der Waals surface area contributed by atoms with Crippen molar-refractivity contribution in [3.8, 4) is 0 Å². The van der Waals surface area contributed by atoms with Crippen LogP contribution in [0.4, 0.5) is 5.69 Å². The number of fused-ring (bicyclic) bond motifs is 5. The van der Waals surface area contributed by atoms with E-state index in [1.165, 1.54) is 25.6 Å². The molecular weight excluding hydrogens is 398 g/mol. The van der Waals surface area contributed by atoms with Gasteiger partial charge >= 0.3 is 5.97 Å². The zero-order chi connectivity index (χ0) is 21.7. The minimum atomic E-state index is -0.535. The number of methoxy groups -OCH3 is 1. The fraction of sp³-hybridized carbons (Fsp3) is 0.609. The van der Waals surface area contributed by atoms with Gasteiger partial charge < -0.3 is 10.1 Å². The number of esters is 1. The van der Waals surface area contributed by atoms with E-state index in [2.05, 4.69) is 10.3 Å². The summed E-state index contributed by atoms with van der Waals surface area (Å²) in [6, 6.07) is 1.41. The molecule has 5 rings (SSSR count). The Hall–Kier alpha value is -2.77. The number of pyridine rings is 1. The average molecular weight is 425 g/mol. The highest BCUT2D eigenvalue weighted by Crippen LogP contribution is 2.56. The molecule has 8 nitrogen and oxygen atoms in total. The number of hydrogen-bond acceptors (Lipinski definition) is 6. The largest absolute Gasteiger partial charge is 0.465 e. The Balaban J connectivity index is 1.22. The van der Waals surface area contributed by atoms with Crippen LogP contribution >= 0.6 is 0 Å². The Kier molecular flexibility index (Phi) is 5.02. The number of carbonyl (C=O) groups is 4. The first kappa shape index (κ1) is 20.2. The fourth-order valence-corrected chi connectivity index (χ4v) is 6.40. The molecule has 0 spiro atoms. The summed E-state index contributed by atoms with van der Waals surface area (Å²) in [5.41, 5.74) is 0.587. The van der Waals surface area contributed by atoms with Gasteiger partial charge in [-0.1, -0.05) is 0 Å². The summed E-state index contributed by atoms with van der Waals surface area (Å²) in [6.45, 7) is 0. The molecule has 0 radical (unpaired) electrons. The Morgan fingerprint density at radius 2 is 1.68 bits per heavy atom. The van der Waals surface area contributed by atoms with Gasteiger partial charge in [-0.15, -0.1) is 0 Å². The van der Waals surface area contributed by atoms with Gasteiger partial charge in [-0.05, 0) is 62.8 Å². The molecule has 31 heavy (non-hydrogen) atoms. The highest BCUT2D eigenvalue weighted by molar-refractivity contribution is 6.06. The Bertz CT molecular complexity index is 911. The summed E-state index contributed by atoms with van der Waals surface area (Å²) >= 11 is 0. The lowest BCUT2D eigenvalue weighted by molar-refractivity contribution is -0.144. The molecular formula is C23H27N3O5. The predicted octanol–water partition coefficient (Wildman–Crippen LogP) is 2.40. The number of aromatic nitrogens is 1. The summed E-state index contributed by atoms with van der Waals surface area (Å²) in [7, 11) is 1.29. The van der Waals surface area contributed by atoms with Gasteiger partial charge in [-0.2, -0.15) is 0 Å². The van der Waals surface area contributed by atoms with Crippen molar-refractivity contribution in [1.82, 2.24) is 9.88 Å². The molecule has 8 heteroatoms. The Morgan fingerprint density at radius 3 is 2.29 bits per heavy atom. The molecule has 2 bridgehead atoms. The lowest BCUT2D eigenvalue weighted by Crippen LogP contribution is -2.44. The molecule has 4 fully saturated rings. The number of ether oxygens (including phenoxy) is 1. The second-order valence-corrected chi connectivity index (χ2v) is 9.34. The van der Waals surface area contributed by atoms with Gasteiger partial charge in [0.15, 0.2) is 0 Å². The third kappa shape index (κ3) is 3.23. The molecule has 1 saturated heterocycles. The lowest BCUT2D eigenvalue weighted by atomic mass is 9.81. The first-order valence-electron chi connectivity index (χ1n) is 11.2. The van der Waals surface area contributed by atoms with E-state index < -0.39 is 5.97 Å². The summed E-state index contributed by atoms with van der Waals surface area (Å²) in [4.78, 5) is 56.3. The van der Waals surface area contributed by atoms with Crippen LogP contribution in [-0.2, 0) is 19.1 Å². The molecule has 1 aromatic rings. The van der Waals surface area contributed by atoms with Crippen LogP contribution in [-0.4, -0.2) is 46.7 Å². The number of carbonyl (C=O) groups excluding carboxylic acids is 4. The number of hydrogen-bond donors (Lipinski definition) is 1. The van der Waals surface area contributed by atoms with Gasteiger partial charge in [0, 0.05) is 18.2 Å². The minimum absolute atomic E-state index is 0.0354. The maximum absolute atomic E-state index is 13.0. The second-order valence-electron chi connectivity index (χ2n) is 9.34. The Morgan fingerprint density at radius 1 is 1.03 bits per heavy atom. The first-order valence-corrected chi connectivity index (χ1v) is 11.2. The fourth-order valence-electron chi connectivity index (χ4n) is 6.40. The predicted molar refractivity (Wildman–Crippen MR) is 110 cm³/mol. The summed E-state index contributed by atoms with van der Waals surface area (Å²) in [5.74, 6) is -0.266. The van der Waals surface area contributed by atoms with Crippen molar-refractivity contribution in [1.29, 1.82) is 0 Å². The van der Waals surface area contributed by atoms with Crippen molar-refractivity contribution >= 4 is 29.4 Å². The van der Waals surface area contributed by atoms with Crippen molar-refractivity contribution in [2.45, 2.75) is 51.0 Å². The number of nitrogens with one attached hydrogen (secondary N) is 1. The average Bonchev–Trinajstić information content (AvgIpc) is 3.47. The van der Waals surface area contributed by atoms with Crippen LogP contribution in [0.25, 0.3) is 0 Å². The maximum atomic E-state index is 13.0. The Labute approximate surface area is 180 Å².